The summed E-state index contributed by atoms with van der Waals surface area (Å²) in [4.78, 5) is 32.8. The quantitative estimate of drug-likeness (QED) is 0.128. The number of halogens is 3. The van der Waals surface area contributed by atoms with E-state index in [0.29, 0.717) is 24.1 Å². The number of aliphatic carboxylic acids is 1. The number of nitrogens with one attached hydrogen (secondary N) is 1. The lowest BCUT2D eigenvalue weighted by molar-refractivity contribution is -0.141. The summed E-state index contributed by atoms with van der Waals surface area (Å²) in [5, 5.41) is 10.9. The Bertz CT molecular complexity index is 714. The molecule has 1 aromatic rings. The second-order valence-corrected chi connectivity index (χ2v) is 9.08. The van der Waals surface area contributed by atoms with E-state index in [1.54, 1.807) is 13.8 Å². The number of benzene rings is 1. The minimum atomic E-state index is -0.931. The largest absolute Gasteiger partial charge is 0.480 e. The molecule has 12 heteroatoms. The molecule has 0 unspecified atom stereocenters. The first-order chi connectivity index (χ1) is 12.8. The van der Waals surface area contributed by atoms with Gasteiger partial charge in [0, 0.05) is 6.92 Å². The van der Waals surface area contributed by atoms with E-state index in [9.17, 15) is 14.4 Å². The Balaban J connectivity index is 0.000000769. The molecule has 0 saturated carbocycles. The zero-order chi connectivity index (χ0) is 22.2. The molecule has 8 N–H and O–H groups in total. The Kier molecular flexibility index (Phi) is 12.6. The summed E-state index contributed by atoms with van der Waals surface area (Å²) in [6.07, 6.45) is 0. The number of amides is 1. The maximum atomic E-state index is 12.2. The van der Waals surface area contributed by atoms with Crippen LogP contribution in [-0.2, 0) is 14.3 Å². The number of nitrogens with two attached hydrogens (primary N) is 3. The Hall–Kier alpha value is -0.620. The van der Waals surface area contributed by atoms with E-state index in [4.69, 9.17) is 27.0 Å². The van der Waals surface area contributed by atoms with Crippen molar-refractivity contribution < 1.29 is 24.2 Å². The molecule has 0 aliphatic rings. The lowest BCUT2D eigenvalue weighted by atomic mass is 10.1. The Morgan fingerprint density at radius 1 is 1.07 bits per heavy atom. The highest BCUT2D eigenvalue weighted by Crippen LogP contribution is 2.35. The van der Waals surface area contributed by atoms with Crippen molar-refractivity contribution in [1.29, 1.82) is 0 Å². The van der Waals surface area contributed by atoms with Gasteiger partial charge in [0.2, 0.25) is 0 Å². The van der Waals surface area contributed by atoms with Gasteiger partial charge in [0.05, 0.1) is 34.2 Å². The van der Waals surface area contributed by atoms with Crippen LogP contribution in [0.25, 0.3) is 0 Å². The molecular formula is C16H23I3N4O5. The maximum absolute atomic E-state index is 12.2. The van der Waals surface area contributed by atoms with E-state index in [2.05, 4.69) is 27.9 Å². The fourth-order valence-corrected chi connectivity index (χ4v) is 5.29. The fraction of sp³-hybridized carbons (Fsp3) is 0.438. The van der Waals surface area contributed by atoms with Crippen LogP contribution in [0.4, 0.5) is 11.4 Å². The number of hydrogen-bond donors (Lipinski definition) is 5. The summed E-state index contributed by atoms with van der Waals surface area (Å²) < 4.78 is 6.82. The fourth-order valence-electron chi connectivity index (χ4n) is 1.64. The summed E-state index contributed by atoms with van der Waals surface area (Å²) in [5.74, 6) is -1.58. The van der Waals surface area contributed by atoms with Gasteiger partial charge >= 0.3 is 11.9 Å². The highest BCUT2D eigenvalue weighted by molar-refractivity contribution is 14.1. The minimum Gasteiger partial charge on any atom is -0.480 e. The van der Waals surface area contributed by atoms with Gasteiger partial charge < -0.3 is 32.4 Å². The van der Waals surface area contributed by atoms with Crippen molar-refractivity contribution >= 4 is 97.0 Å². The van der Waals surface area contributed by atoms with E-state index in [1.807, 2.05) is 45.2 Å². The van der Waals surface area contributed by atoms with Gasteiger partial charge in [-0.15, -0.1) is 0 Å². The molecule has 0 aromatic heterocycles. The van der Waals surface area contributed by atoms with E-state index in [1.165, 1.54) is 6.92 Å². The van der Waals surface area contributed by atoms with Crippen LogP contribution >= 0.6 is 67.8 Å². The summed E-state index contributed by atoms with van der Waals surface area (Å²) >= 11 is 6.10. The van der Waals surface area contributed by atoms with E-state index >= 15 is 0 Å². The van der Waals surface area contributed by atoms with Crippen molar-refractivity contribution in [3.05, 3.63) is 16.3 Å². The van der Waals surface area contributed by atoms with Crippen LogP contribution < -0.4 is 22.5 Å². The molecular weight excluding hydrogens is 709 g/mol. The van der Waals surface area contributed by atoms with Crippen molar-refractivity contribution in [2.24, 2.45) is 11.7 Å². The number of hydrogen-bond acceptors (Lipinski definition) is 7. The SMILES string of the molecule is CC(=O)OCCNC(=O)c1c(I)c(N)c(I)c(N)c1I.CC(C)[C@H](N)C(=O)O. The predicted octanol–water partition coefficient (Wildman–Crippen LogP) is 2.01. The molecule has 9 nitrogen and oxygen atoms in total. The highest BCUT2D eigenvalue weighted by atomic mass is 127. The van der Waals surface area contributed by atoms with Gasteiger partial charge in [-0.1, -0.05) is 13.8 Å². The first kappa shape index (κ1) is 27.4. The lowest BCUT2D eigenvalue weighted by Crippen LogP contribution is -2.34. The maximum Gasteiger partial charge on any atom is 0.320 e. The summed E-state index contributed by atoms with van der Waals surface area (Å²) in [5.41, 5.74) is 18.5. The normalized spacial score (nSPS) is 11.3. The molecule has 0 bridgehead atoms. The first-order valence-electron chi connectivity index (χ1n) is 7.94. The van der Waals surface area contributed by atoms with Gasteiger partial charge in [0.15, 0.2) is 0 Å². The average molecular weight is 732 g/mol. The zero-order valence-electron chi connectivity index (χ0n) is 15.5. The predicted molar refractivity (Wildman–Crippen MR) is 133 cm³/mol. The standard InChI is InChI=1S/C11H12I3N3O3.C5H11NO2/c1-4(18)20-3-2-17-11(19)5-6(12)9(15)8(14)10(16)7(5)13;1-3(2)4(6)5(7)8/h2-3,15-16H2,1H3,(H,17,19);3-4H,6H2,1-2H3,(H,7,8)/t;4-/m.0/s1. The number of ether oxygens (including phenoxy) is 1. The lowest BCUT2D eigenvalue weighted by Gasteiger charge is -2.14. The second kappa shape index (κ2) is 12.8. The molecule has 1 rings (SSSR count). The second-order valence-electron chi connectivity index (χ2n) is 5.85. The van der Waals surface area contributed by atoms with Crippen molar-refractivity contribution in [3.8, 4) is 0 Å². The molecule has 158 valence electrons. The molecule has 0 heterocycles. The van der Waals surface area contributed by atoms with Crippen molar-refractivity contribution in [2.75, 3.05) is 24.6 Å². The number of carbonyl (C=O) groups excluding carboxylic acids is 2. The molecule has 1 amide bonds. The average Bonchev–Trinajstić information content (AvgIpc) is 2.61. The minimum absolute atomic E-state index is 0.0208. The number of carboxylic acids is 1. The van der Waals surface area contributed by atoms with E-state index < -0.39 is 12.0 Å². The van der Waals surface area contributed by atoms with Gasteiger partial charge in [-0.25, -0.2) is 0 Å². The van der Waals surface area contributed by atoms with Crippen LogP contribution in [0.3, 0.4) is 0 Å². The molecule has 28 heavy (non-hydrogen) atoms. The third kappa shape index (κ3) is 8.40. The molecule has 0 aliphatic carbocycles. The molecule has 0 fully saturated rings. The van der Waals surface area contributed by atoms with Crippen LogP contribution in [0.5, 0.6) is 0 Å². The van der Waals surface area contributed by atoms with E-state index in [0.717, 1.165) is 3.57 Å². The number of carbonyl (C=O) groups is 3. The van der Waals surface area contributed by atoms with Crippen LogP contribution in [0, 0.1) is 16.6 Å². The van der Waals surface area contributed by atoms with Crippen LogP contribution in [0.15, 0.2) is 0 Å². The third-order valence-electron chi connectivity index (χ3n) is 3.31. The first-order valence-corrected chi connectivity index (χ1v) is 11.2. The molecule has 0 aliphatic heterocycles. The van der Waals surface area contributed by atoms with Crippen LogP contribution in [0.1, 0.15) is 31.1 Å². The zero-order valence-corrected chi connectivity index (χ0v) is 22.0. The van der Waals surface area contributed by atoms with Gasteiger partial charge in [0.25, 0.3) is 5.91 Å². The molecule has 0 saturated heterocycles. The smallest absolute Gasteiger partial charge is 0.320 e. The summed E-state index contributed by atoms with van der Waals surface area (Å²) in [6, 6.07) is -0.713. The van der Waals surface area contributed by atoms with Gasteiger partial charge in [0.1, 0.15) is 12.6 Å². The van der Waals surface area contributed by atoms with Crippen molar-refractivity contribution in [2.45, 2.75) is 26.8 Å². The summed E-state index contributed by atoms with van der Waals surface area (Å²) in [6.45, 7) is 5.23. The van der Waals surface area contributed by atoms with Gasteiger partial charge in [-0.3, -0.25) is 14.4 Å². The van der Waals surface area contributed by atoms with Crippen molar-refractivity contribution in [1.82, 2.24) is 5.32 Å². The Morgan fingerprint density at radius 3 is 1.86 bits per heavy atom. The topological polar surface area (TPSA) is 171 Å². The number of rotatable bonds is 6. The molecule has 0 spiro atoms. The van der Waals surface area contributed by atoms with Gasteiger partial charge in [-0.2, -0.15) is 0 Å². The summed E-state index contributed by atoms with van der Waals surface area (Å²) in [7, 11) is 0. The highest BCUT2D eigenvalue weighted by Gasteiger charge is 2.21. The number of esters is 1. The number of nitrogen functional groups attached to an aromatic ring is 2. The van der Waals surface area contributed by atoms with Gasteiger partial charge in [-0.05, 0) is 73.7 Å². The number of anilines is 2. The number of carboxylic acid groups (broad SMARTS) is 1. The van der Waals surface area contributed by atoms with E-state index in [-0.39, 0.29) is 30.9 Å². The Labute approximate surface area is 204 Å². The van der Waals surface area contributed by atoms with Crippen LogP contribution in [-0.4, -0.2) is 42.1 Å². The molecule has 1 atom stereocenters. The Morgan fingerprint density at radius 2 is 1.54 bits per heavy atom. The van der Waals surface area contributed by atoms with Crippen LogP contribution in [0.2, 0.25) is 0 Å². The third-order valence-corrected chi connectivity index (χ3v) is 6.71. The molecule has 0 radical (unpaired) electrons. The molecule has 1 aromatic carbocycles. The monoisotopic (exact) mass is 732 g/mol. The van der Waals surface area contributed by atoms with Crippen molar-refractivity contribution in [3.63, 3.8) is 0 Å².